The molecule has 1 atom stereocenters. The summed E-state index contributed by atoms with van der Waals surface area (Å²) in [7, 11) is 1.82. The first-order valence-corrected chi connectivity index (χ1v) is 10.6. The van der Waals surface area contributed by atoms with Crippen molar-refractivity contribution in [3.8, 4) is 5.75 Å². The number of hydrogen-bond acceptors (Lipinski definition) is 5. The van der Waals surface area contributed by atoms with Crippen LogP contribution >= 0.6 is 46.6 Å². The molecule has 152 valence electrons. The Morgan fingerprint density at radius 3 is 2.69 bits per heavy atom. The zero-order valence-electron chi connectivity index (χ0n) is 15.5. The first-order chi connectivity index (χ1) is 13.8. The number of amides is 1. The second kappa shape index (κ2) is 9.71. The lowest BCUT2D eigenvalue weighted by Gasteiger charge is -2.15. The maximum atomic E-state index is 12.2. The maximum Gasteiger partial charge on any atom is 0.234 e. The number of nitrogens with one attached hydrogen (secondary N) is 1. The highest BCUT2D eigenvalue weighted by molar-refractivity contribution is 7.99. The molecule has 1 aromatic heterocycles. The molecule has 1 heterocycles. The predicted molar refractivity (Wildman–Crippen MR) is 117 cm³/mol. The molecular weight excluding hydrogens is 455 g/mol. The number of ether oxygens (including phenoxy) is 1. The minimum Gasteiger partial charge on any atom is -0.481 e. The molecule has 29 heavy (non-hydrogen) atoms. The van der Waals surface area contributed by atoms with Gasteiger partial charge in [-0.2, -0.15) is 0 Å². The van der Waals surface area contributed by atoms with Crippen LogP contribution in [0.1, 0.15) is 18.9 Å². The van der Waals surface area contributed by atoms with Crippen LogP contribution in [0.3, 0.4) is 0 Å². The molecule has 0 aliphatic heterocycles. The van der Waals surface area contributed by atoms with E-state index in [1.807, 2.05) is 26.1 Å². The SMILES string of the molecule is C[C@@H](Oc1ccccc1Cl)c1nnc(SCC(=O)Nc2cc(Cl)ccc2Cl)n1C. The molecule has 0 aliphatic carbocycles. The van der Waals surface area contributed by atoms with Crippen LogP contribution in [0.2, 0.25) is 15.1 Å². The molecule has 0 spiro atoms. The number of aromatic nitrogens is 3. The summed E-state index contributed by atoms with van der Waals surface area (Å²) in [4.78, 5) is 12.2. The highest BCUT2D eigenvalue weighted by Crippen LogP contribution is 2.29. The zero-order chi connectivity index (χ0) is 21.0. The summed E-state index contributed by atoms with van der Waals surface area (Å²) in [5.41, 5.74) is 0.463. The van der Waals surface area contributed by atoms with Gasteiger partial charge >= 0.3 is 0 Å². The van der Waals surface area contributed by atoms with E-state index in [0.29, 0.717) is 37.5 Å². The molecule has 0 saturated heterocycles. The Morgan fingerprint density at radius 2 is 1.93 bits per heavy atom. The predicted octanol–water partition coefficient (Wildman–Crippen LogP) is 5.65. The fourth-order valence-corrected chi connectivity index (χ4v) is 3.73. The van der Waals surface area contributed by atoms with Crippen molar-refractivity contribution in [2.75, 3.05) is 11.1 Å². The number of carbonyl (C=O) groups is 1. The average Bonchev–Trinajstić information content (AvgIpc) is 3.05. The van der Waals surface area contributed by atoms with Gasteiger partial charge in [-0.25, -0.2) is 0 Å². The van der Waals surface area contributed by atoms with Crippen LogP contribution in [-0.4, -0.2) is 26.4 Å². The molecule has 1 N–H and O–H groups in total. The van der Waals surface area contributed by atoms with E-state index >= 15 is 0 Å². The van der Waals surface area contributed by atoms with Crippen LogP contribution in [0.4, 0.5) is 5.69 Å². The first-order valence-electron chi connectivity index (χ1n) is 8.53. The lowest BCUT2D eigenvalue weighted by Crippen LogP contribution is -2.15. The topological polar surface area (TPSA) is 69.0 Å². The second-order valence-electron chi connectivity index (χ2n) is 6.05. The summed E-state index contributed by atoms with van der Waals surface area (Å²) < 4.78 is 7.67. The molecule has 3 rings (SSSR count). The van der Waals surface area contributed by atoms with E-state index in [1.54, 1.807) is 34.9 Å². The van der Waals surface area contributed by atoms with Crippen molar-refractivity contribution in [1.82, 2.24) is 14.8 Å². The van der Waals surface area contributed by atoms with Gasteiger partial charge in [-0.3, -0.25) is 4.79 Å². The molecule has 0 unspecified atom stereocenters. The minimum absolute atomic E-state index is 0.133. The molecule has 1 amide bonds. The lowest BCUT2D eigenvalue weighted by molar-refractivity contribution is -0.113. The zero-order valence-corrected chi connectivity index (χ0v) is 18.6. The maximum absolute atomic E-state index is 12.2. The van der Waals surface area contributed by atoms with Gasteiger partial charge < -0.3 is 14.6 Å². The third kappa shape index (κ3) is 5.57. The van der Waals surface area contributed by atoms with Crippen LogP contribution in [0.15, 0.2) is 47.6 Å². The van der Waals surface area contributed by atoms with Gasteiger partial charge in [-0.15, -0.1) is 10.2 Å². The third-order valence-electron chi connectivity index (χ3n) is 3.91. The molecule has 2 aromatic carbocycles. The van der Waals surface area contributed by atoms with E-state index in [9.17, 15) is 4.79 Å². The van der Waals surface area contributed by atoms with Crippen molar-refractivity contribution in [1.29, 1.82) is 0 Å². The van der Waals surface area contributed by atoms with Crippen LogP contribution in [0.5, 0.6) is 5.75 Å². The Labute approximate surface area is 187 Å². The summed E-state index contributed by atoms with van der Waals surface area (Å²) in [6.45, 7) is 1.86. The van der Waals surface area contributed by atoms with Crippen molar-refractivity contribution < 1.29 is 9.53 Å². The number of anilines is 1. The fraction of sp³-hybridized carbons (Fsp3) is 0.211. The van der Waals surface area contributed by atoms with Gasteiger partial charge in [-0.1, -0.05) is 58.7 Å². The first kappa shape index (κ1) is 21.8. The Bertz CT molecular complexity index is 1030. The van der Waals surface area contributed by atoms with Crippen molar-refractivity contribution >= 4 is 58.2 Å². The van der Waals surface area contributed by atoms with E-state index in [4.69, 9.17) is 39.5 Å². The largest absolute Gasteiger partial charge is 0.481 e. The number of nitrogens with zero attached hydrogens (tertiary/aromatic N) is 3. The number of hydrogen-bond donors (Lipinski definition) is 1. The highest BCUT2D eigenvalue weighted by Gasteiger charge is 2.19. The molecule has 6 nitrogen and oxygen atoms in total. The molecule has 10 heteroatoms. The number of halogens is 3. The third-order valence-corrected chi connectivity index (χ3v) is 5.80. The number of para-hydroxylation sites is 1. The van der Waals surface area contributed by atoms with Gasteiger partial charge in [0.25, 0.3) is 0 Å². The van der Waals surface area contributed by atoms with Crippen molar-refractivity contribution in [3.63, 3.8) is 0 Å². The molecule has 0 aliphatic rings. The molecule has 0 radical (unpaired) electrons. The highest BCUT2D eigenvalue weighted by atomic mass is 35.5. The molecule has 0 bridgehead atoms. The van der Waals surface area contributed by atoms with Gasteiger partial charge in [0.1, 0.15) is 5.75 Å². The fourth-order valence-electron chi connectivity index (χ4n) is 2.50. The van der Waals surface area contributed by atoms with Crippen LogP contribution in [-0.2, 0) is 11.8 Å². The molecule has 0 saturated carbocycles. The molecule has 3 aromatic rings. The van der Waals surface area contributed by atoms with Crippen LogP contribution < -0.4 is 10.1 Å². The van der Waals surface area contributed by atoms with Crippen molar-refractivity contribution in [2.45, 2.75) is 18.2 Å². The van der Waals surface area contributed by atoms with Crippen molar-refractivity contribution in [2.24, 2.45) is 7.05 Å². The van der Waals surface area contributed by atoms with Gasteiger partial charge in [0.2, 0.25) is 5.91 Å². The Morgan fingerprint density at radius 1 is 1.17 bits per heavy atom. The van der Waals surface area contributed by atoms with Gasteiger partial charge in [0, 0.05) is 12.1 Å². The summed E-state index contributed by atoms with van der Waals surface area (Å²) in [6.07, 6.45) is -0.374. The summed E-state index contributed by atoms with van der Waals surface area (Å²) >= 11 is 19.4. The van der Waals surface area contributed by atoms with Gasteiger partial charge in [-0.05, 0) is 37.3 Å². The quantitative estimate of drug-likeness (QED) is 0.451. The number of carbonyl (C=O) groups excluding carboxylic acids is 1. The standard InChI is InChI=1S/C19H17Cl3N4O2S/c1-11(28-16-6-4-3-5-14(16)22)18-24-25-19(26(18)2)29-10-17(27)23-15-9-12(20)7-8-13(15)21/h3-9,11H,10H2,1-2H3,(H,23,27)/t11-/m1/s1. The van der Waals surface area contributed by atoms with E-state index < -0.39 is 0 Å². The lowest BCUT2D eigenvalue weighted by atomic mass is 10.3. The smallest absolute Gasteiger partial charge is 0.234 e. The Kier molecular flexibility index (Phi) is 7.29. The van der Waals surface area contributed by atoms with E-state index in [0.717, 1.165) is 0 Å². The van der Waals surface area contributed by atoms with Crippen LogP contribution in [0, 0.1) is 0 Å². The summed E-state index contributed by atoms with van der Waals surface area (Å²) in [5, 5.41) is 13.1. The summed E-state index contributed by atoms with van der Waals surface area (Å²) in [6, 6.07) is 12.1. The molecular formula is C19H17Cl3N4O2S. The Balaban J connectivity index is 1.61. The van der Waals surface area contributed by atoms with E-state index in [2.05, 4.69) is 15.5 Å². The number of rotatable bonds is 7. The van der Waals surface area contributed by atoms with Gasteiger partial charge in [0.15, 0.2) is 17.1 Å². The van der Waals surface area contributed by atoms with Crippen molar-refractivity contribution in [3.05, 3.63) is 63.4 Å². The van der Waals surface area contributed by atoms with E-state index in [1.165, 1.54) is 11.8 Å². The van der Waals surface area contributed by atoms with E-state index in [-0.39, 0.29) is 17.8 Å². The average molecular weight is 472 g/mol. The van der Waals surface area contributed by atoms with Crippen LogP contribution in [0.25, 0.3) is 0 Å². The normalized spacial score (nSPS) is 11.9. The molecule has 0 fully saturated rings. The monoisotopic (exact) mass is 470 g/mol. The number of thioether (sulfide) groups is 1. The minimum atomic E-state index is -0.374. The van der Waals surface area contributed by atoms with Gasteiger partial charge in [0.05, 0.1) is 21.5 Å². The Hall–Kier alpha value is -1.93. The second-order valence-corrected chi connectivity index (χ2v) is 8.24. The number of benzene rings is 2. The summed E-state index contributed by atoms with van der Waals surface area (Å²) in [5.74, 6) is 1.08.